The summed E-state index contributed by atoms with van der Waals surface area (Å²) in [6.45, 7) is 4.54. The summed E-state index contributed by atoms with van der Waals surface area (Å²) in [5.41, 5.74) is 8.96. The summed E-state index contributed by atoms with van der Waals surface area (Å²) in [4.78, 5) is 30.0. The number of phenols is 1. The van der Waals surface area contributed by atoms with Crippen LogP contribution < -0.4 is 20.9 Å². The average molecular weight is 562 g/mol. The third kappa shape index (κ3) is 5.59. The van der Waals surface area contributed by atoms with Gasteiger partial charge in [0.2, 0.25) is 5.82 Å². The number of nitrogens with one attached hydrogen (secondary N) is 1. The number of nitrogens with two attached hydrogens (primary N) is 1. The van der Waals surface area contributed by atoms with Crippen LogP contribution in [-0.4, -0.2) is 78.0 Å². The fraction of sp³-hybridized carbons (Fsp3) is 0.207. The molecule has 0 unspecified atom stereocenters. The van der Waals surface area contributed by atoms with E-state index in [1.807, 2.05) is 18.2 Å². The highest BCUT2D eigenvalue weighted by Gasteiger charge is 2.22. The number of phenolic OH excluding ortho intramolecular Hbond substituents is 1. The highest BCUT2D eigenvalue weighted by molar-refractivity contribution is 5.93. The van der Waals surface area contributed by atoms with Crippen molar-refractivity contribution >= 4 is 28.9 Å². The lowest BCUT2D eigenvalue weighted by Gasteiger charge is -2.36. The van der Waals surface area contributed by atoms with Gasteiger partial charge in [-0.3, -0.25) is 4.79 Å². The van der Waals surface area contributed by atoms with Crippen molar-refractivity contribution in [2.24, 2.45) is 0 Å². The van der Waals surface area contributed by atoms with E-state index in [0.717, 1.165) is 11.5 Å². The molecule has 0 spiro atoms. The number of carbonyl (C=O) groups excluding carboxylic acids is 1. The minimum absolute atomic E-state index is 0.135. The van der Waals surface area contributed by atoms with Crippen LogP contribution in [0.4, 0.5) is 17.3 Å². The monoisotopic (exact) mass is 561 g/mol. The van der Waals surface area contributed by atoms with Gasteiger partial charge in [0, 0.05) is 56.4 Å². The zero-order valence-electron chi connectivity index (χ0n) is 22.7. The van der Waals surface area contributed by atoms with Gasteiger partial charge in [-0.2, -0.15) is 5.10 Å². The molecule has 0 aliphatic carbocycles. The fourth-order valence-corrected chi connectivity index (χ4v) is 4.65. The van der Waals surface area contributed by atoms with Gasteiger partial charge in [-0.1, -0.05) is 18.1 Å². The van der Waals surface area contributed by atoms with Gasteiger partial charge in [0.1, 0.15) is 11.6 Å². The number of aromatic nitrogens is 7. The third-order valence-corrected chi connectivity index (χ3v) is 6.78. The van der Waals surface area contributed by atoms with Crippen LogP contribution in [0.2, 0.25) is 0 Å². The molecule has 5 heterocycles. The van der Waals surface area contributed by atoms with Gasteiger partial charge < -0.3 is 26.0 Å². The van der Waals surface area contributed by atoms with E-state index in [0.29, 0.717) is 54.7 Å². The Morgan fingerprint density at radius 2 is 1.83 bits per heavy atom. The van der Waals surface area contributed by atoms with E-state index < -0.39 is 6.04 Å². The predicted octanol–water partition coefficient (Wildman–Crippen LogP) is 1.76. The van der Waals surface area contributed by atoms with Gasteiger partial charge >= 0.3 is 0 Å². The maximum atomic E-state index is 12.6. The van der Waals surface area contributed by atoms with Crippen LogP contribution in [-0.2, 0) is 0 Å². The lowest BCUT2D eigenvalue weighted by Crippen LogP contribution is -2.47. The SMILES string of the molecule is C[C@H](C#Cc1nccc(N2CCN(c3cc(-c4ccccc4O)nnc3N)CC2)n1)NC(=O)c1cc2ncccn2n1. The van der Waals surface area contributed by atoms with Crippen molar-refractivity contribution in [3.05, 3.63) is 78.6 Å². The highest BCUT2D eigenvalue weighted by atomic mass is 16.3. The van der Waals surface area contributed by atoms with Crippen LogP contribution in [0.25, 0.3) is 16.9 Å². The number of nitrogens with zero attached hydrogens (tertiary/aromatic N) is 9. The Morgan fingerprint density at radius 3 is 2.64 bits per heavy atom. The molecule has 1 aliphatic rings. The van der Waals surface area contributed by atoms with E-state index in [1.165, 1.54) is 0 Å². The van der Waals surface area contributed by atoms with Crippen molar-refractivity contribution < 1.29 is 9.90 Å². The number of nitrogen functional groups attached to an aromatic ring is 1. The Hall–Kier alpha value is -5.77. The van der Waals surface area contributed by atoms with Crippen LogP contribution in [0, 0.1) is 11.8 Å². The molecule has 1 aliphatic heterocycles. The number of aromatic hydroxyl groups is 1. The number of piperazine rings is 1. The zero-order chi connectivity index (χ0) is 29.1. The van der Waals surface area contributed by atoms with Crippen molar-refractivity contribution in [2.45, 2.75) is 13.0 Å². The lowest BCUT2D eigenvalue weighted by molar-refractivity contribution is 0.0943. The Balaban J connectivity index is 1.09. The van der Waals surface area contributed by atoms with Crippen molar-refractivity contribution in [1.82, 2.24) is 40.1 Å². The summed E-state index contributed by atoms with van der Waals surface area (Å²) in [7, 11) is 0. The first-order valence-electron chi connectivity index (χ1n) is 13.3. The standard InChI is InChI=1S/C29H27N11O2/c1-19(33-29(42)22-18-27-32-10-4-12-40(27)37-22)7-8-25-31-11-9-26(34-25)39-15-13-38(14-16-39)23-17-21(35-36-28(23)30)20-5-2-3-6-24(20)41/h2-6,9-12,17-19,41H,13-16H2,1H3,(H2,30,36)(H,33,42)/t19-/m1/s1. The summed E-state index contributed by atoms with van der Waals surface area (Å²) >= 11 is 0. The number of fused-ring (bicyclic) bond motifs is 1. The number of anilines is 3. The normalized spacial score (nSPS) is 13.8. The van der Waals surface area contributed by atoms with Crippen molar-refractivity contribution in [3.63, 3.8) is 0 Å². The number of benzene rings is 1. The number of carbonyl (C=O) groups is 1. The Bertz CT molecular complexity index is 1790. The zero-order valence-corrected chi connectivity index (χ0v) is 22.7. The second kappa shape index (κ2) is 11.4. The van der Waals surface area contributed by atoms with Crippen LogP contribution in [0.15, 0.2) is 67.1 Å². The molecule has 1 atom stereocenters. The largest absolute Gasteiger partial charge is 0.507 e. The van der Waals surface area contributed by atoms with Crippen LogP contribution in [0.5, 0.6) is 5.75 Å². The van der Waals surface area contributed by atoms with E-state index in [9.17, 15) is 9.90 Å². The molecule has 5 aromatic rings. The topological polar surface area (TPSA) is 164 Å². The van der Waals surface area contributed by atoms with Crippen LogP contribution in [0.3, 0.4) is 0 Å². The molecule has 210 valence electrons. The van der Waals surface area contributed by atoms with Gasteiger partial charge in [-0.25, -0.2) is 19.5 Å². The Morgan fingerprint density at radius 1 is 1.02 bits per heavy atom. The minimum Gasteiger partial charge on any atom is -0.507 e. The second-order valence-corrected chi connectivity index (χ2v) is 9.65. The Labute approximate surface area is 241 Å². The molecule has 0 bridgehead atoms. The molecular weight excluding hydrogens is 534 g/mol. The number of amides is 1. The van der Waals surface area contributed by atoms with Crippen molar-refractivity contribution in [1.29, 1.82) is 0 Å². The Kier molecular flexibility index (Phi) is 7.17. The third-order valence-electron chi connectivity index (χ3n) is 6.78. The first kappa shape index (κ1) is 26.5. The summed E-state index contributed by atoms with van der Waals surface area (Å²) in [6.07, 6.45) is 5.05. The second-order valence-electron chi connectivity index (χ2n) is 9.65. The quantitative estimate of drug-likeness (QED) is 0.268. The molecule has 1 saturated heterocycles. The van der Waals surface area contributed by atoms with Gasteiger partial charge in [0.05, 0.1) is 17.4 Å². The molecule has 4 N–H and O–H groups in total. The molecule has 1 fully saturated rings. The van der Waals surface area contributed by atoms with Crippen LogP contribution >= 0.6 is 0 Å². The van der Waals surface area contributed by atoms with Crippen molar-refractivity contribution in [3.8, 4) is 28.8 Å². The number of rotatable bonds is 5. The summed E-state index contributed by atoms with van der Waals surface area (Å²) < 4.78 is 1.54. The molecular formula is C29H27N11O2. The van der Waals surface area contributed by atoms with Gasteiger partial charge in [0.25, 0.3) is 5.91 Å². The first-order valence-corrected chi connectivity index (χ1v) is 13.3. The lowest BCUT2D eigenvalue weighted by atomic mass is 10.1. The maximum Gasteiger partial charge on any atom is 0.272 e. The maximum absolute atomic E-state index is 12.6. The molecule has 0 saturated carbocycles. The smallest absolute Gasteiger partial charge is 0.272 e. The van der Waals surface area contributed by atoms with E-state index in [2.05, 4.69) is 57.2 Å². The predicted molar refractivity (Wildman–Crippen MR) is 157 cm³/mol. The number of hydrogen-bond donors (Lipinski definition) is 3. The summed E-state index contributed by atoms with van der Waals surface area (Å²) in [5.74, 6) is 7.21. The van der Waals surface area contributed by atoms with Gasteiger partial charge in [-0.05, 0) is 43.2 Å². The van der Waals surface area contributed by atoms with Gasteiger partial charge in [0.15, 0.2) is 17.2 Å². The molecule has 42 heavy (non-hydrogen) atoms. The molecule has 4 aromatic heterocycles. The molecule has 13 heteroatoms. The fourth-order valence-electron chi connectivity index (χ4n) is 4.65. The van der Waals surface area contributed by atoms with E-state index in [-0.39, 0.29) is 17.4 Å². The van der Waals surface area contributed by atoms with E-state index in [1.54, 1.807) is 60.4 Å². The van der Waals surface area contributed by atoms with Crippen LogP contribution in [0.1, 0.15) is 23.2 Å². The molecule has 13 nitrogen and oxygen atoms in total. The first-order chi connectivity index (χ1) is 20.4. The minimum atomic E-state index is -0.451. The van der Waals surface area contributed by atoms with E-state index in [4.69, 9.17) is 5.73 Å². The number of hydrogen-bond acceptors (Lipinski definition) is 11. The summed E-state index contributed by atoms with van der Waals surface area (Å²) in [5, 5.41) is 25.6. The summed E-state index contributed by atoms with van der Waals surface area (Å²) in [6, 6.07) is 13.6. The van der Waals surface area contributed by atoms with Crippen molar-refractivity contribution in [2.75, 3.05) is 41.7 Å². The van der Waals surface area contributed by atoms with E-state index >= 15 is 0 Å². The number of para-hydroxylation sites is 1. The molecule has 1 amide bonds. The molecule has 6 rings (SSSR count). The highest BCUT2D eigenvalue weighted by Crippen LogP contribution is 2.31. The molecule has 0 radical (unpaired) electrons. The molecule has 1 aromatic carbocycles. The average Bonchev–Trinajstić information content (AvgIpc) is 3.46. The van der Waals surface area contributed by atoms with Gasteiger partial charge in [-0.15, -0.1) is 10.2 Å².